The van der Waals surface area contributed by atoms with E-state index in [1.807, 2.05) is 33.9 Å². The summed E-state index contributed by atoms with van der Waals surface area (Å²) in [5, 5.41) is 11.4. The molecule has 1 saturated carbocycles. The van der Waals surface area contributed by atoms with Crippen LogP contribution in [-0.2, 0) is 0 Å². The number of fused-ring (bicyclic) bond motifs is 1. The van der Waals surface area contributed by atoms with Crippen molar-refractivity contribution in [3.63, 3.8) is 0 Å². The molecule has 12 heteroatoms. The zero-order chi connectivity index (χ0) is 31.9. The zero-order valence-electron chi connectivity index (χ0n) is 27.2. The Bertz CT molecular complexity index is 1340. The van der Waals surface area contributed by atoms with Crippen LogP contribution in [0.1, 0.15) is 83.1 Å². The molecular formula is C32H50F2N10. The summed E-state index contributed by atoms with van der Waals surface area (Å²) >= 11 is 0. The second-order valence-corrected chi connectivity index (χ2v) is 11.9. The highest BCUT2D eigenvalue weighted by atomic mass is 19.3. The van der Waals surface area contributed by atoms with Gasteiger partial charge < -0.3 is 20.4 Å². The monoisotopic (exact) mass is 612 g/mol. The normalized spacial score (nSPS) is 21.2. The molecular weight excluding hydrogens is 562 g/mol. The predicted octanol–water partition coefficient (Wildman–Crippen LogP) is 5.33. The minimum absolute atomic E-state index is 0.0197. The van der Waals surface area contributed by atoms with E-state index in [1.165, 1.54) is 25.0 Å². The van der Waals surface area contributed by atoms with E-state index in [1.54, 1.807) is 4.52 Å². The minimum atomic E-state index is -2.60. The summed E-state index contributed by atoms with van der Waals surface area (Å²) in [6.45, 7) is 21.1. The number of imidazole rings is 1. The van der Waals surface area contributed by atoms with Gasteiger partial charge in [-0.2, -0.15) is 10.1 Å². The molecule has 2 N–H and O–H groups in total. The van der Waals surface area contributed by atoms with Gasteiger partial charge in [-0.15, -0.1) is 0 Å². The number of hydrogen-bond donors (Lipinski definition) is 2. The molecule has 10 nitrogen and oxygen atoms in total. The second kappa shape index (κ2) is 15.0. The number of nitrogens with zero attached hydrogens (tertiary/aromatic N) is 8. The lowest BCUT2D eigenvalue weighted by molar-refractivity contribution is -0.0494. The van der Waals surface area contributed by atoms with Gasteiger partial charge in [0.1, 0.15) is 18.1 Å². The molecule has 4 aliphatic rings. The number of hydrogen-bond acceptors (Lipinski definition) is 9. The summed E-state index contributed by atoms with van der Waals surface area (Å²) in [5.74, 6) is -1.27. The van der Waals surface area contributed by atoms with E-state index in [2.05, 4.69) is 50.6 Å². The van der Waals surface area contributed by atoms with Crippen LogP contribution in [0.2, 0.25) is 0 Å². The molecule has 2 aromatic heterocycles. The number of likely N-dealkylation sites (N-methyl/N-ethyl adjacent to an activating group) is 1. The van der Waals surface area contributed by atoms with E-state index in [0.717, 1.165) is 61.4 Å². The van der Waals surface area contributed by atoms with Crippen LogP contribution in [0.4, 0.5) is 14.6 Å². The van der Waals surface area contributed by atoms with Gasteiger partial charge in [-0.05, 0) is 58.9 Å². The predicted molar refractivity (Wildman–Crippen MR) is 175 cm³/mol. The minimum Gasteiger partial charge on any atom is -0.389 e. The number of rotatable bonds is 6. The van der Waals surface area contributed by atoms with Gasteiger partial charge in [0.25, 0.3) is 5.78 Å². The maximum Gasteiger partial charge on any atom is 0.252 e. The Kier molecular flexibility index (Phi) is 11.5. The Hall–Kier alpha value is -3.41. The van der Waals surface area contributed by atoms with E-state index in [4.69, 9.17) is 15.1 Å². The Morgan fingerprint density at radius 3 is 2.34 bits per heavy atom. The van der Waals surface area contributed by atoms with Gasteiger partial charge in [0.15, 0.2) is 5.82 Å². The first kappa shape index (κ1) is 33.5. The molecule has 0 amide bonds. The maximum absolute atomic E-state index is 13.9. The highest BCUT2D eigenvalue weighted by molar-refractivity contribution is 6.48. The fourth-order valence-corrected chi connectivity index (χ4v) is 6.00. The number of alkyl halides is 2. The van der Waals surface area contributed by atoms with Crippen LogP contribution >= 0.6 is 0 Å². The van der Waals surface area contributed by atoms with Gasteiger partial charge in [-0.3, -0.25) is 9.98 Å². The maximum atomic E-state index is 13.9. The van der Waals surface area contributed by atoms with Crippen LogP contribution in [0.25, 0.3) is 5.78 Å². The van der Waals surface area contributed by atoms with E-state index >= 15 is 0 Å². The molecule has 0 radical (unpaired) electrons. The molecule has 2 saturated heterocycles. The third-order valence-corrected chi connectivity index (χ3v) is 8.61. The fourth-order valence-electron chi connectivity index (χ4n) is 6.00. The first-order valence-corrected chi connectivity index (χ1v) is 16.1. The molecule has 44 heavy (non-hydrogen) atoms. The van der Waals surface area contributed by atoms with Crippen molar-refractivity contribution >= 4 is 23.0 Å². The second-order valence-electron chi connectivity index (χ2n) is 11.9. The quantitative estimate of drug-likeness (QED) is 0.455. The SMILES string of the molecule is C=C(NC(c1cn2nc(C)c(N3CCN(C)CC3)nc2n1)C1CCC(F)(F)CC1)C1=NCN=C1C.C=C1CCCCN1.CC. The van der Waals surface area contributed by atoms with Crippen molar-refractivity contribution < 1.29 is 8.78 Å². The van der Waals surface area contributed by atoms with Gasteiger partial charge in [0, 0.05) is 51.3 Å². The number of aliphatic imine (C=N–C) groups is 2. The average Bonchev–Trinajstić information content (AvgIpc) is 3.63. The summed E-state index contributed by atoms with van der Waals surface area (Å²) in [6, 6.07) is -0.300. The van der Waals surface area contributed by atoms with Crippen LogP contribution in [-0.4, -0.2) is 88.3 Å². The number of allylic oxidation sites excluding steroid dienone is 2. The summed E-state index contributed by atoms with van der Waals surface area (Å²) in [7, 11) is 2.12. The molecule has 2 aromatic rings. The van der Waals surface area contributed by atoms with Crippen LogP contribution in [0.15, 0.2) is 40.7 Å². The van der Waals surface area contributed by atoms with Crippen molar-refractivity contribution in [1.29, 1.82) is 0 Å². The Balaban J connectivity index is 0.000000427. The largest absolute Gasteiger partial charge is 0.389 e. The lowest BCUT2D eigenvalue weighted by Crippen LogP contribution is -2.45. The molecule has 1 atom stereocenters. The van der Waals surface area contributed by atoms with Gasteiger partial charge in [0.05, 0.1) is 29.3 Å². The number of anilines is 1. The van der Waals surface area contributed by atoms with Gasteiger partial charge >= 0.3 is 0 Å². The van der Waals surface area contributed by atoms with Crippen molar-refractivity contribution in [1.82, 2.24) is 35.1 Å². The number of aryl methyl sites for hydroxylation is 1. The molecule has 0 aromatic carbocycles. The van der Waals surface area contributed by atoms with Crippen molar-refractivity contribution in [2.45, 2.75) is 84.6 Å². The molecule has 1 aliphatic carbocycles. The first-order chi connectivity index (χ1) is 21.1. The molecule has 1 unspecified atom stereocenters. The van der Waals surface area contributed by atoms with E-state index in [9.17, 15) is 8.78 Å². The van der Waals surface area contributed by atoms with Gasteiger partial charge in [0.2, 0.25) is 5.92 Å². The van der Waals surface area contributed by atoms with E-state index in [-0.39, 0.29) is 24.8 Å². The van der Waals surface area contributed by atoms with Crippen molar-refractivity contribution in [3.8, 4) is 0 Å². The summed E-state index contributed by atoms with van der Waals surface area (Å²) < 4.78 is 29.6. The molecule has 3 fully saturated rings. The van der Waals surface area contributed by atoms with Crippen LogP contribution < -0.4 is 15.5 Å². The molecule has 3 aliphatic heterocycles. The molecule has 0 spiro atoms. The number of nitrogens with one attached hydrogen (secondary N) is 2. The molecule has 6 rings (SSSR count). The number of piperidine rings is 1. The van der Waals surface area contributed by atoms with Crippen LogP contribution in [0.3, 0.4) is 0 Å². The third kappa shape index (κ3) is 8.40. The van der Waals surface area contributed by atoms with Crippen LogP contribution in [0, 0.1) is 12.8 Å². The summed E-state index contributed by atoms with van der Waals surface area (Å²) in [4.78, 5) is 23.0. The molecule has 0 bridgehead atoms. The first-order valence-electron chi connectivity index (χ1n) is 16.1. The number of halogens is 2. The average molecular weight is 613 g/mol. The highest BCUT2D eigenvalue weighted by Crippen LogP contribution is 2.41. The highest BCUT2D eigenvalue weighted by Gasteiger charge is 2.39. The summed E-state index contributed by atoms with van der Waals surface area (Å²) in [6.07, 6.45) is 6.24. The molecule has 242 valence electrons. The van der Waals surface area contributed by atoms with Gasteiger partial charge in [-0.1, -0.05) is 27.0 Å². The lowest BCUT2D eigenvalue weighted by atomic mass is 9.81. The smallest absolute Gasteiger partial charge is 0.252 e. The fraction of sp³-hybridized carbons (Fsp3) is 0.656. The Morgan fingerprint density at radius 1 is 1.07 bits per heavy atom. The van der Waals surface area contributed by atoms with Crippen molar-refractivity contribution in [2.75, 3.05) is 51.3 Å². The van der Waals surface area contributed by atoms with Crippen LogP contribution in [0.5, 0.6) is 0 Å². The van der Waals surface area contributed by atoms with E-state index < -0.39 is 5.92 Å². The zero-order valence-corrected chi connectivity index (χ0v) is 27.2. The Labute approximate surface area is 260 Å². The van der Waals surface area contributed by atoms with Crippen molar-refractivity contribution in [3.05, 3.63) is 42.1 Å². The number of aromatic nitrogens is 4. The molecule has 5 heterocycles. The Morgan fingerprint density at radius 2 is 1.77 bits per heavy atom. The van der Waals surface area contributed by atoms with E-state index in [0.29, 0.717) is 31.0 Å². The topological polar surface area (TPSA) is 98.3 Å². The summed E-state index contributed by atoms with van der Waals surface area (Å²) in [5.41, 5.74) is 4.96. The third-order valence-electron chi connectivity index (χ3n) is 8.61. The standard InChI is InChI=1S/C24H33F2N9.C6H11N.C2H6/c1-15-20(28-14-27-15)16(2)29-21(18-5-7-24(25,26)8-6-18)19-13-35-23(30-19)31-22(17(3)32-35)34-11-9-33(4)10-12-34;1-6-4-2-3-5-7-6;1-2/h13,18,21,29H,2,5-12,14H2,1,3-4H3;7H,1-5H2;1-2H3. The van der Waals surface area contributed by atoms with Gasteiger partial charge in [-0.25, -0.2) is 18.3 Å². The lowest BCUT2D eigenvalue weighted by Gasteiger charge is -2.34. The number of piperazine rings is 1. The van der Waals surface area contributed by atoms with Crippen molar-refractivity contribution in [2.24, 2.45) is 15.9 Å².